The first kappa shape index (κ1) is 8.83. The second kappa shape index (κ2) is 3.11. The van der Waals surface area contributed by atoms with E-state index >= 15 is 0 Å². The lowest BCUT2D eigenvalue weighted by atomic mass is 10.4. The van der Waals surface area contributed by atoms with Gasteiger partial charge in [-0.2, -0.15) is 0 Å². The summed E-state index contributed by atoms with van der Waals surface area (Å²) in [5.74, 6) is 0. The van der Waals surface area contributed by atoms with E-state index in [1.165, 1.54) is 0 Å². The molecule has 56 valence electrons. The van der Waals surface area contributed by atoms with Gasteiger partial charge in [0.25, 0.3) is 0 Å². The van der Waals surface area contributed by atoms with Crippen molar-refractivity contribution in [2.24, 2.45) is 16.6 Å². The minimum Gasteiger partial charge on any atom is -0.329 e. The summed E-state index contributed by atoms with van der Waals surface area (Å²) >= 11 is 0. The molecule has 0 rings (SSSR count). The molecule has 0 atom stereocenters. The fraction of sp³-hybridized carbons (Fsp3) is 1.00. The van der Waals surface area contributed by atoms with Gasteiger partial charge in [-0.3, -0.25) is 0 Å². The highest BCUT2D eigenvalue weighted by molar-refractivity contribution is 7.89. The van der Waals surface area contributed by atoms with Crippen LogP contribution in [0.1, 0.15) is 0 Å². The van der Waals surface area contributed by atoms with Gasteiger partial charge in [-0.1, -0.05) is 0 Å². The third kappa shape index (κ3) is 2.75. The number of sulfonamides is 1. The molecule has 0 aliphatic carbocycles. The van der Waals surface area contributed by atoms with Crippen molar-refractivity contribution in [3.8, 4) is 0 Å². The van der Waals surface area contributed by atoms with Crippen LogP contribution >= 0.6 is 0 Å². The van der Waals surface area contributed by atoms with E-state index in [1.807, 2.05) is 0 Å². The van der Waals surface area contributed by atoms with Gasteiger partial charge in [-0.25, -0.2) is 13.6 Å². The highest BCUT2D eigenvalue weighted by Crippen LogP contribution is 1.88. The zero-order valence-electron chi connectivity index (χ0n) is 4.95. The quantitative estimate of drug-likeness (QED) is 0.418. The maximum absolute atomic E-state index is 10.4. The predicted octanol–water partition coefficient (Wildman–Crippen LogP) is -2.44. The van der Waals surface area contributed by atoms with Crippen LogP contribution in [0.4, 0.5) is 0 Å². The molecule has 0 saturated carbocycles. The lowest BCUT2D eigenvalue weighted by Crippen LogP contribution is -2.40. The monoisotopic (exact) mass is 153 g/mol. The van der Waals surface area contributed by atoms with E-state index in [0.29, 0.717) is 0 Å². The number of rotatable bonds is 3. The van der Waals surface area contributed by atoms with Crippen molar-refractivity contribution >= 4 is 10.0 Å². The van der Waals surface area contributed by atoms with Crippen molar-refractivity contribution in [2.45, 2.75) is 5.25 Å². The van der Waals surface area contributed by atoms with Gasteiger partial charge in [0.05, 0.1) is 5.25 Å². The smallest absolute Gasteiger partial charge is 0.214 e. The molecular formula is C3H11N3O2S. The first-order chi connectivity index (χ1) is 4.02. The molecule has 0 aromatic carbocycles. The van der Waals surface area contributed by atoms with Crippen LogP contribution in [-0.2, 0) is 10.0 Å². The molecule has 5 nitrogen and oxygen atoms in total. The van der Waals surface area contributed by atoms with Crippen LogP contribution in [0.2, 0.25) is 0 Å². The molecule has 0 saturated heterocycles. The molecule has 0 amide bonds. The molecule has 0 aliphatic heterocycles. The molecule has 0 aromatic rings. The Morgan fingerprint density at radius 2 is 1.56 bits per heavy atom. The fourth-order valence-electron chi connectivity index (χ4n) is 0.364. The topological polar surface area (TPSA) is 112 Å². The van der Waals surface area contributed by atoms with Gasteiger partial charge in [-0.05, 0) is 0 Å². The normalized spacial score (nSPS) is 12.4. The average molecular weight is 153 g/mol. The zero-order chi connectivity index (χ0) is 7.49. The standard InChI is InChI=1S/C3H11N3O2S/c4-1-3(2-5)9(6,7)8/h3H,1-2,4-5H2,(H2,6,7,8). The van der Waals surface area contributed by atoms with E-state index in [4.69, 9.17) is 16.6 Å². The first-order valence-electron chi connectivity index (χ1n) is 2.44. The average Bonchev–Trinajstić information content (AvgIpc) is 1.65. The van der Waals surface area contributed by atoms with E-state index in [-0.39, 0.29) is 13.1 Å². The van der Waals surface area contributed by atoms with Crippen molar-refractivity contribution in [1.82, 2.24) is 0 Å². The molecule has 0 fully saturated rings. The van der Waals surface area contributed by atoms with Crippen LogP contribution in [0.15, 0.2) is 0 Å². The molecule has 0 aliphatic rings. The molecule has 6 heteroatoms. The summed E-state index contributed by atoms with van der Waals surface area (Å²) in [6.45, 7) is -0.0370. The minimum absolute atomic E-state index is 0.0185. The lowest BCUT2D eigenvalue weighted by molar-refractivity contribution is 0.581. The lowest BCUT2D eigenvalue weighted by Gasteiger charge is -2.07. The molecule has 0 bridgehead atoms. The Bertz CT molecular complexity index is 160. The van der Waals surface area contributed by atoms with Gasteiger partial charge in [0.15, 0.2) is 0 Å². The van der Waals surface area contributed by atoms with Crippen molar-refractivity contribution in [2.75, 3.05) is 13.1 Å². The Labute approximate surface area is 54.2 Å². The van der Waals surface area contributed by atoms with Crippen molar-refractivity contribution in [3.63, 3.8) is 0 Å². The van der Waals surface area contributed by atoms with E-state index in [2.05, 4.69) is 0 Å². The van der Waals surface area contributed by atoms with Crippen LogP contribution in [-0.4, -0.2) is 26.8 Å². The molecule has 0 spiro atoms. The van der Waals surface area contributed by atoms with Crippen molar-refractivity contribution in [3.05, 3.63) is 0 Å². The summed E-state index contributed by atoms with van der Waals surface area (Å²) in [5.41, 5.74) is 10.1. The van der Waals surface area contributed by atoms with Crippen LogP contribution in [0.25, 0.3) is 0 Å². The highest BCUT2D eigenvalue weighted by Gasteiger charge is 2.16. The second-order valence-electron chi connectivity index (χ2n) is 1.68. The first-order valence-corrected chi connectivity index (χ1v) is 4.05. The molecule has 0 radical (unpaired) electrons. The Kier molecular flexibility index (Phi) is 3.06. The molecule has 0 aromatic heterocycles. The van der Waals surface area contributed by atoms with Gasteiger partial charge in [0.1, 0.15) is 0 Å². The van der Waals surface area contributed by atoms with Gasteiger partial charge in [0.2, 0.25) is 10.0 Å². The Morgan fingerprint density at radius 1 is 1.22 bits per heavy atom. The van der Waals surface area contributed by atoms with Crippen LogP contribution in [0.5, 0.6) is 0 Å². The largest absolute Gasteiger partial charge is 0.329 e. The third-order valence-corrected chi connectivity index (χ3v) is 2.30. The summed E-state index contributed by atoms with van der Waals surface area (Å²) in [7, 11) is -3.52. The number of hydrogen-bond acceptors (Lipinski definition) is 4. The van der Waals surface area contributed by atoms with E-state index < -0.39 is 15.3 Å². The highest BCUT2D eigenvalue weighted by atomic mass is 32.2. The molecular weight excluding hydrogens is 142 g/mol. The number of hydrogen-bond donors (Lipinski definition) is 3. The van der Waals surface area contributed by atoms with Gasteiger partial charge in [0, 0.05) is 13.1 Å². The maximum Gasteiger partial charge on any atom is 0.214 e. The summed E-state index contributed by atoms with van der Waals surface area (Å²) in [4.78, 5) is 0. The van der Waals surface area contributed by atoms with Crippen LogP contribution < -0.4 is 16.6 Å². The molecule has 9 heavy (non-hydrogen) atoms. The Balaban J connectivity index is 4.14. The Morgan fingerprint density at radius 3 is 1.56 bits per heavy atom. The summed E-state index contributed by atoms with van der Waals surface area (Å²) in [6, 6.07) is 0. The second-order valence-corrected chi connectivity index (χ2v) is 3.53. The van der Waals surface area contributed by atoms with E-state index in [0.717, 1.165) is 0 Å². The summed E-state index contributed by atoms with van der Waals surface area (Å²) in [6.07, 6.45) is 0. The van der Waals surface area contributed by atoms with Crippen molar-refractivity contribution in [1.29, 1.82) is 0 Å². The number of primary sulfonamides is 1. The zero-order valence-corrected chi connectivity index (χ0v) is 5.76. The van der Waals surface area contributed by atoms with Crippen LogP contribution in [0.3, 0.4) is 0 Å². The molecule has 0 unspecified atom stereocenters. The van der Waals surface area contributed by atoms with Crippen molar-refractivity contribution < 1.29 is 8.42 Å². The van der Waals surface area contributed by atoms with E-state index in [1.54, 1.807) is 0 Å². The van der Waals surface area contributed by atoms with Gasteiger partial charge in [-0.15, -0.1) is 0 Å². The minimum atomic E-state index is -3.52. The van der Waals surface area contributed by atoms with Gasteiger partial charge >= 0.3 is 0 Å². The molecule has 6 N–H and O–H groups in total. The summed E-state index contributed by atoms with van der Waals surface area (Å²) in [5, 5.41) is 3.92. The van der Waals surface area contributed by atoms with E-state index in [9.17, 15) is 8.42 Å². The predicted molar refractivity (Wildman–Crippen MR) is 35.0 cm³/mol. The molecule has 0 heterocycles. The van der Waals surface area contributed by atoms with Gasteiger partial charge < -0.3 is 11.5 Å². The maximum atomic E-state index is 10.4. The summed E-state index contributed by atoms with van der Waals surface area (Å²) < 4.78 is 20.8. The van der Waals surface area contributed by atoms with Crippen LogP contribution in [0, 0.1) is 0 Å². The fourth-order valence-corrected chi connectivity index (χ4v) is 0.901. The Hall–Kier alpha value is -0.170. The third-order valence-electron chi connectivity index (χ3n) is 0.990. The SMILES string of the molecule is NCC(CN)S(N)(=O)=O. The number of nitrogens with two attached hydrogens (primary N) is 3.